The Bertz CT molecular complexity index is 394. The lowest BCUT2D eigenvalue weighted by molar-refractivity contribution is 0.160. The van der Waals surface area contributed by atoms with Crippen molar-refractivity contribution in [3.63, 3.8) is 0 Å². The molecule has 0 aliphatic heterocycles. The molecule has 1 N–H and O–H groups in total. The molecule has 3 heteroatoms. The number of hydrogen-bond acceptors (Lipinski definition) is 2. The maximum atomic E-state index is 4.37. The molecule has 1 saturated carbocycles. The van der Waals surface area contributed by atoms with Crippen LogP contribution in [0.2, 0.25) is 0 Å². The van der Waals surface area contributed by atoms with Gasteiger partial charge in [-0.15, -0.1) is 0 Å². The highest BCUT2D eigenvalue weighted by molar-refractivity contribution is 5.15. The van der Waals surface area contributed by atoms with Gasteiger partial charge in [0.15, 0.2) is 0 Å². The van der Waals surface area contributed by atoms with Crippen molar-refractivity contribution in [2.75, 3.05) is 13.1 Å². The fourth-order valence-electron chi connectivity index (χ4n) is 3.37. The lowest BCUT2D eigenvalue weighted by atomic mass is 9.65. The lowest BCUT2D eigenvalue weighted by Gasteiger charge is -2.40. The molecule has 2 rings (SSSR count). The highest BCUT2D eigenvalue weighted by Crippen LogP contribution is 2.46. The number of rotatable bonds is 5. The SMILES string of the molecule is CCCNCC1CCC(C)(C)CC1c1cnn(C)c1. The Kier molecular flexibility index (Phi) is 4.67. The summed E-state index contributed by atoms with van der Waals surface area (Å²) < 4.78 is 1.94. The van der Waals surface area contributed by atoms with E-state index >= 15 is 0 Å². The van der Waals surface area contributed by atoms with Gasteiger partial charge in [-0.2, -0.15) is 5.10 Å². The summed E-state index contributed by atoms with van der Waals surface area (Å²) in [6.45, 7) is 9.34. The van der Waals surface area contributed by atoms with E-state index < -0.39 is 0 Å². The minimum absolute atomic E-state index is 0.474. The molecule has 1 aromatic rings. The van der Waals surface area contributed by atoms with Crippen molar-refractivity contribution in [3.05, 3.63) is 18.0 Å². The van der Waals surface area contributed by atoms with Crippen molar-refractivity contribution in [2.45, 2.75) is 52.4 Å². The van der Waals surface area contributed by atoms with E-state index in [1.165, 1.54) is 31.2 Å². The Labute approximate surface area is 117 Å². The average Bonchev–Trinajstić information content (AvgIpc) is 2.77. The molecule has 1 aliphatic rings. The minimum atomic E-state index is 0.474. The van der Waals surface area contributed by atoms with Gasteiger partial charge in [0.05, 0.1) is 6.20 Å². The van der Waals surface area contributed by atoms with Crippen LogP contribution in [0.25, 0.3) is 0 Å². The monoisotopic (exact) mass is 263 g/mol. The van der Waals surface area contributed by atoms with Gasteiger partial charge in [0.1, 0.15) is 0 Å². The smallest absolute Gasteiger partial charge is 0.0524 e. The highest BCUT2D eigenvalue weighted by atomic mass is 15.2. The van der Waals surface area contributed by atoms with Crippen LogP contribution in [0.5, 0.6) is 0 Å². The second-order valence-electron chi connectivity index (χ2n) is 6.93. The van der Waals surface area contributed by atoms with Gasteiger partial charge in [0.25, 0.3) is 0 Å². The zero-order valence-corrected chi connectivity index (χ0v) is 12.9. The van der Waals surface area contributed by atoms with E-state index in [0.29, 0.717) is 11.3 Å². The third-order valence-corrected chi connectivity index (χ3v) is 4.52. The molecule has 1 heterocycles. The summed E-state index contributed by atoms with van der Waals surface area (Å²) in [6.07, 6.45) is 9.47. The Hall–Kier alpha value is -0.830. The molecular weight excluding hydrogens is 234 g/mol. The van der Waals surface area contributed by atoms with Crippen LogP contribution in [0.3, 0.4) is 0 Å². The fourth-order valence-corrected chi connectivity index (χ4v) is 3.37. The molecule has 0 aromatic carbocycles. The predicted octanol–water partition coefficient (Wildman–Crippen LogP) is 3.33. The first-order chi connectivity index (χ1) is 9.02. The third kappa shape index (κ3) is 3.82. The molecule has 1 aromatic heterocycles. The maximum absolute atomic E-state index is 4.37. The molecule has 0 amide bonds. The quantitative estimate of drug-likeness (QED) is 0.826. The van der Waals surface area contributed by atoms with Crippen LogP contribution in [0.15, 0.2) is 12.4 Å². The molecular formula is C16H29N3. The van der Waals surface area contributed by atoms with Crippen molar-refractivity contribution < 1.29 is 0 Å². The fraction of sp³-hybridized carbons (Fsp3) is 0.812. The van der Waals surface area contributed by atoms with Crippen LogP contribution in [0.4, 0.5) is 0 Å². The van der Waals surface area contributed by atoms with Crippen molar-refractivity contribution in [1.29, 1.82) is 0 Å². The second-order valence-corrected chi connectivity index (χ2v) is 6.93. The molecule has 3 nitrogen and oxygen atoms in total. The summed E-state index contributed by atoms with van der Waals surface area (Å²) in [5.41, 5.74) is 1.90. The van der Waals surface area contributed by atoms with Crippen molar-refractivity contribution >= 4 is 0 Å². The number of nitrogens with zero attached hydrogens (tertiary/aromatic N) is 2. The van der Waals surface area contributed by atoms with Gasteiger partial charge in [-0.25, -0.2) is 0 Å². The zero-order chi connectivity index (χ0) is 13.9. The van der Waals surface area contributed by atoms with Gasteiger partial charge in [0, 0.05) is 13.2 Å². The molecule has 2 atom stereocenters. The summed E-state index contributed by atoms with van der Waals surface area (Å²) in [4.78, 5) is 0. The largest absolute Gasteiger partial charge is 0.316 e. The number of nitrogens with one attached hydrogen (secondary N) is 1. The van der Waals surface area contributed by atoms with Crippen LogP contribution < -0.4 is 5.32 Å². The van der Waals surface area contributed by atoms with Crippen molar-refractivity contribution in [1.82, 2.24) is 15.1 Å². The van der Waals surface area contributed by atoms with Crippen LogP contribution in [0.1, 0.15) is 57.9 Å². The average molecular weight is 263 g/mol. The Morgan fingerprint density at radius 1 is 1.47 bits per heavy atom. The first-order valence-corrected chi connectivity index (χ1v) is 7.71. The van der Waals surface area contributed by atoms with E-state index in [2.05, 4.69) is 43.6 Å². The van der Waals surface area contributed by atoms with Crippen LogP contribution >= 0.6 is 0 Å². The molecule has 1 fully saturated rings. The van der Waals surface area contributed by atoms with E-state index in [1.54, 1.807) is 0 Å². The number of aromatic nitrogens is 2. The normalized spacial score (nSPS) is 26.5. The van der Waals surface area contributed by atoms with Gasteiger partial charge < -0.3 is 5.32 Å². The van der Waals surface area contributed by atoms with Crippen LogP contribution in [-0.2, 0) is 7.05 Å². The Balaban J connectivity index is 2.07. The van der Waals surface area contributed by atoms with Gasteiger partial charge in [0.2, 0.25) is 0 Å². The minimum Gasteiger partial charge on any atom is -0.316 e. The van der Waals surface area contributed by atoms with Gasteiger partial charge in [-0.05, 0) is 61.6 Å². The van der Waals surface area contributed by atoms with Gasteiger partial charge in [-0.3, -0.25) is 4.68 Å². The Morgan fingerprint density at radius 2 is 2.26 bits per heavy atom. The summed E-state index contributed by atoms with van der Waals surface area (Å²) >= 11 is 0. The second kappa shape index (κ2) is 6.08. The highest BCUT2D eigenvalue weighted by Gasteiger charge is 2.35. The third-order valence-electron chi connectivity index (χ3n) is 4.52. The van der Waals surface area contributed by atoms with Crippen molar-refractivity contribution in [2.24, 2.45) is 18.4 Å². The summed E-state index contributed by atoms with van der Waals surface area (Å²) in [6, 6.07) is 0. The molecule has 19 heavy (non-hydrogen) atoms. The van der Waals surface area contributed by atoms with Gasteiger partial charge in [-0.1, -0.05) is 20.8 Å². The molecule has 108 valence electrons. The first-order valence-electron chi connectivity index (χ1n) is 7.71. The molecule has 0 spiro atoms. The van der Waals surface area contributed by atoms with E-state index in [-0.39, 0.29) is 0 Å². The zero-order valence-electron chi connectivity index (χ0n) is 12.9. The summed E-state index contributed by atoms with van der Waals surface area (Å²) in [7, 11) is 2.02. The van der Waals surface area contributed by atoms with Crippen molar-refractivity contribution in [3.8, 4) is 0 Å². The van der Waals surface area contributed by atoms with E-state index in [4.69, 9.17) is 0 Å². The number of hydrogen-bond donors (Lipinski definition) is 1. The topological polar surface area (TPSA) is 29.9 Å². The van der Waals surface area contributed by atoms with E-state index in [1.807, 2.05) is 11.7 Å². The molecule has 0 bridgehead atoms. The van der Waals surface area contributed by atoms with Crippen LogP contribution in [-0.4, -0.2) is 22.9 Å². The lowest BCUT2D eigenvalue weighted by Crippen LogP contribution is -2.35. The molecule has 0 saturated heterocycles. The molecule has 0 radical (unpaired) electrons. The van der Waals surface area contributed by atoms with E-state index in [9.17, 15) is 0 Å². The first kappa shape index (κ1) is 14.6. The predicted molar refractivity (Wildman–Crippen MR) is 80.2 cm³/mol. The Morgan fingerprint density at radius 3 is 2.89 bits per heavy atom. The maximum Gasteiger partial charge on any atom is 0.0524 e. The standard InChI is InChI=1S/C16H29N3/c1-5-8-17-10-13-6-7-16(2,3)9-15(13)14-11-18-19(4)12-14/h11-13,15,17H,5-10H2,1-4H3. The summed E-state index contributed by atoms with van der Waals surface area (Å²) in [5.74, 6) is 1.44. The molecule has 1 aliphatic carbocycles. The van der Waals surface area contributed by atoms with E-state index in [0.717, 1.165) is 19.0 Å². The van der Waals surface area contributed by atoms with Crippen LogP contribution in [0, 0.1) is 11.3 Å². The summed E-state index contributed by atoms with van der Waals surface area (Å²) in [5, 5.41) is 7.98. The number of aryl methyl sites for hydroxylation is 1. The molecule has 2 unspecified atom stereocenters. The van der Waals surface area contributed by atoms with Gasteiger partial charge >= 0.3 is 0 Å².